The molecular weight excluding hydrogens is 339 g/mol. The van der Waals surface area contributed by atoms with Crippen molar-refractivity contribution in [2.24, 2.45) is 20.8 Å². The monoisotopic (exact) mass is 352 g/mol. The van der Waals surface area contributed by atoms with Crippen LogP contribution in [0, 0.1) is 5.82 Å². The highest BCUT2D eigenvalue weighted by Crippen LogP contribution is 2.29. The number of fused-ring (bicyclic) bond motifs is 2. The van der Waals surface area contributed by atoms with Crippen LogP contribution in [0.1, 0.15) is 5.56 Å². The molecule has 0 fully saturated rings. The zero-order chi connectivity index (χ0) is 17.7. The van der Waals surface area contributed by atoms with Crippen LogP contribution < -0.4 is 16.3 Å². The lowest BCUT2D eigenvalue weighted by molar-refractivity contribution is 0.187. The van der Waals surface area contributed by atoms with E-state index < -0.39 is 0 Å². The molecule has 0 radical (unpaired) electrons. The maximum atomic E-state index is 13.1. The second-order valence-corrected chi connectivity index (χ2v) is 5.75. The Labute approximate surface area is 147 Å². The van der Waals surface area contributed by atoms with Crippen LogP contribution in [0.5, 0.6) is 0 Å². The number of furan rings is 1. The van der Waals surface area contributed by atoms with Gasteiger partial charge in [0.05, 0.1) is 12.8 Å². The zero-order valence-corrected chi connectivity index (χ0v) is 13.4. The van der Waals surface area contributed by atoms with Crippen LogP contribution in [0.25, 0.3) is 0 Å². The van der Waals surface area contributed by atoms with E-state index in [4.69, 9.17) is 10.2 Å². The summed E-state index contributed by atoms with van der Waals surface area (Å²) in [6, 6.07) is 9.79. The van der Waals surface area contributed by atoms with Crippen molar-refractivity contribution >= 4 is 24.0 Å². The maximum Gasteiger partial charge on any atom is 0.235 e. The van der Waals surface area contributed by atoms with E-state index in [0.29, 0.717) is 29.8 Å². The Morgan fingerprint density at radius 1 is 1.19 bits per heavy atom. The molecule has 0 bridgehead atoms. The Morgan fingerprint density at radius 2 is 2.04 bits per heavy atom. The topological polar surface area (TPSA) is 98.0 Å². The van der Waals surface area contributed by atoms with Crippen molar-refractivity contribution in [3.63, 3.8) is 0 Å². The van der Waals surface area contributed by atoms with E-state index in [1.807, 2.05) is 0 Å². The number of nitrogens with one attached hydrogen (secondary N) is 1. The molecule has 3 aliphatic rings. The first-order valence-electron chi connectivity index (χ1n) is 7.82. The fourth-order valence-electron chi connectivity index (χ4n) is 2.85. The lowest BCUT2D eigenvalue weighted by Crippen LogP contribution is -2.48. The molecule has 3 aliphatic heterocycles. The number of halogens is 1. The molecule has 0 unspecified atom stereocenters. The molecule has 4 heterocycles. The molecule has 10 heteroatoms. The highest BCUT2D eigenvalue weighted by atomic mass is 19.1. The Hall–Kier alpha value is -3.82. The molecule has 0 amide bonds. The number of nitrogens with two attached hydrogens (primary N) is 1. The fourth-order valence-corrected chi connectivity index (χ4v) is 2.85. The standard InChI is InChI=1S/C16H13FN8O/c17-11-5-3-10(4-6-11)8-23-9-19-15-13-14(20-16(18)24(15)23)22-25(21-13)12-2-1-7-26-12/h1-7,9,21H,8H2,(H2,18,20,22). The van der Waals surface area contributed by atoms with Crippen LogP contribution in [0.4, 0.5) is 10.3 Å². The number of hydrazine groups is 2. The number of nitrogens with zero attached hydrogens (tertiary/aromatic N) is 6. The largest absolute Gasteiger partial charge is 0.446 e. The Kier molecular flexibility index (Phi) is 2.98. The number of amidine groups is 1. The van der Waals surface area contributed by atoms with Gasteiger partial charge in [0.2, 0.25) is 17.7 Å². The van der Waals surface area contributed by atoms with E-state index in [9.17, 15) is 4.39 Å². The minimum atomic E-state index is -0.278. The van der Waals surface area contributed by atoms with Crippen LogP contribution in [0.2, 0.25) is 0 Å². The van der Waals surface area contributed by atoms with E-state index in [1.54, 1.807) is 46.9 Å². The van der Waals surface area contributed by atoms with Gasteiger partial charge in [-0.15, -0.1) is 10.2 Å². The summed E-state index contributed by atoms with van der Waals surface area (Å²) in [5.74, 6) is 1.48. The van der Waals surface area contributed by atoms with Crippen LogP contribution >= 0.6 is 0 Å². The van der Waals surface area contributed by atoms with Gasteiger partial charge in [-0.2, -0.15) is 10.0 Å². The molecule has 130 valence electrons. The van der Waals surface area contributed by atoms with Gasteiger partial charge in [-0.25, -0.2) is 9.38 Å². The van der Waals surface area contributed by atoms with Crippen molar-refractivity contribution in [1.29, 1.82) is 0 Å². The van der Waals surface area contributed by atoms with E-state index in [2.05, 4.69) is 20.5 Å². The van der Waals surface area contributed by atoms with Crippen molar-refractivity contribution in [2.75, 3.05) is 5.12 Å². The average molecular weight is 352 g/mol. The number of rotatable bonds is 3. The molecule has 5 rings (SSSR count). The molecule has 0 aliphatic carbocycles. The average Bonchev–Trinajstić information content (AvgIpc) is 3.35. The van der Waals surface area contributed by atoms with Crippen LogP contribution in [0.15, 0.2) is 73.7 Å². The first-order valence-corrected chi connectivity index (χ1v) is 7.82. The normalized spacial score (nSPS) is 18.0. The van der Waals surface area contributed by atoms with Crippen molar-refractivity contribution in [1.82, 2.24) is 15.4 Å². The highest BCUT2D eigenvalue weighted by Gasteiger charge is 2.38. The minimum Gasteiger partial charge on any atom is -0.446 e. The molecule has 0 atom stereocenters. The van der Waals surface area contributed by atoms with Crippen LogP contribution in [-0.2, 0) is 6.54 Å². The summed E-state index contributed by atoms with van der Waals surface area (Å²) in [4.78, 5) is 8.77. The molecule has 9 nitrogen and oxygen atoms in total. The van der Waals surface area contributed by atoms with Gasteiger partial charge in [-0.3, -0.25) is 10.4 Å². The fraction of sp³-hybridized carbons (Fsp3) is 0.0625. The molecule has 0 saturated carbocycles. The molecule has 0 spiro atoms. The van der Waals surface area contributed by atoms with Crippen molar-refractivity contribution < 1.29 is 8.81 Å². The number of anilines is 1. The number of hydrogen-bond donors (Lipinski definition) is 2. The second kappa shape index (κ2) is 5.34. The smallest absolute Gasteiger partial charge is 0.235 e. The third-order valence-corrected chi connectivity index (χ3v) is 4.04. The lowest BCUT2D eigenvalue weighted by Gasteiger charge is -2.31. The maximum absolute atomic E-state index is 13.1. The third kappa shape index (κ3) is 2.19. The van der Waals surface area contributed by atoms with E-state index in [0.717, 1.165) is 5.56 Å². The third-order valence-electron chi connectivity index (χ3n) is 4.04. The quantitative estimate of drug-likeness (QED) is 0.864. The Morgan fingerprint density at radius 3 is 2.81 bits per heavy atom. The number of hydrazone groups is 1. The molecule has 2 aromatic rings. The van der Waals surface area contributed by atoms with Gasteiger partial charge in [-0.1, -0.05) is 12.1 Å². The van der Waals surface area contributed by atoms with E-state index >= 15 is 0 Å². The molecule has 26 heavy (non-hydrogen) atoms. The number of hydrogen-bond acceptors (Lipinski definition) is 9. The Balaban J connectivity index is 1.44. The summed E-state index contributed by atoms with van der Waals surface area (Å²) in [5.41, 5.74) is 10.7. The number of benzene rings is 1. The molecule has 1 aromatic heterocycles. The lowest BCUT2D eigenvalue weighted by atomic mass is 10.2. The summed E-state index contributed by atoms with van der Waals surface area (Å²) in [5, 5.41) is 9.28. The Bertz CT molecular complexity index is 976. The van der Waals surface area contributed by atoms with Crippen molar-refractivity contribution in [2.45, 2.75) is 6.54 Å². The summed E-state index contributed by atoms with van der Waals surface area (Å²) < 4.78 is 18.4. The summed E-state index contributed by atoms with van der Waals surface area (Å²) >= 11 is 0. The number of aliphatic imine (C=N–C) groups is 2. The van der Waals surface area contributed by atoms with Gasteiger partial charge < -0.3 is 10.2 Å². The first kappa shape index (κ1) is 14.5. The van der Waals surface area contributed by atoms with E-state index in [-0.39, 0.29) is 11.8 Å². The van der Waals surface area contributed by atoms with Crippen molar-refractivity contribution in [3.8, 4) is 0 Å². The van der Waals surface area contributed by atoms with Crippen molar-refractivity contribution in [3.05, 3.63) is 65.6 Å². The highest BCUT2D eigenvalue weighted by molar-refractivity contribution is 6.10. The van der Waals surface area contributed by atoms with Gasteiger partial charge in [-0.05, 0) is 23.8 Å². The number of guanidine groups is 1. The molecule has 0 saturated heterocycles. The van der Waals surface area contributed by atoms with Gasteiger partial charge >= 0.3 is 0 Å². The summed E-state index contributed by atoms with van der Waals surface area (Å²) in [6.07, 6.45) is 3.20. The SMILES string of the molecule is NC1=NC2=NN(c3ccco3)NC2=C2N=CN(Cc3ccc(F)cc3)N12. The second-order valence-electron chi connectivity index (χ2n) is 5.75. The van der Waals surface area contributed by atoms with Crippen LogP contribution in [-0.4, -0.2) is 28.2 Å². The van der Waals surface area contributed by atoms with Crippen LogP contribution in [0.3, 0.4) is 0 Å². The molecule has 1 aromatic carbocycles. The van der Waals surface area contributed by atoms with Gasteiger partial charge in [0, 0.05) is 6.07 Å². The predicted octanol–water partition coefficient (Wildman–Crippen LogP) is 1.32. The molecule has 3 N–H and O–H groups in total. The van der Waals surface area contributed by atoms with Gasteiger partial charge in [0.1, 0.15) is 17.9 Å². The predicted molar refractivity (Wildman–Crippen MR) is 92.7 cm³/mol. The molecular formula is C16H13FN8O. The zero-order valence-electron chi connectivity index (χ0n) is 13.4. The summed E-state index contributed by atoms with van der Waals surface area (Å²) in [6.45, 7) is 0.463. The minimum absolute atomic E-state index is 0.241. The van der Waals surface area contributed by atoms with Gasteiger partial charge in [0.15, 0.2) is 5.82 Å². The first-order chi connectivity index (χ1) is 12.7. The summed E-state index contributed by atoms with van der Waals surface area (Å²) in [7, 11) is 0. The van der Waals surface area contributed by atoms with Gasteiger partial charge in [0.25, 0.3) is 0 Å². The van der Waals surface area contributed by atoms with E-state index in [1.165, 1.54) is 17.3 Å².